The molecule has 4 heterocycles. The number of pyridine rings is 1. The van der Waals surface area contributed by atoms with Crippen molar-refractivity contribution in [1.29, 1.82) is 0 Å². The summed E-state index contributed by atoms with van der Waals surface area (Å²) in [6.07, 6.45) is 4.97. The first-order valence-corrected chi connectivity index (χ1v) is 14.8. The fraction of sp³-hybridized carbons (Fsp3) is 0.455. The van der Waals surface area contributed by atoms with Gasteiger partial charge in [-0.2, -0.15) is 0 Å². The van der Waals surface area contributed by atoms with Crippen LogP contribution in [0, 0.1) is 0 Å². The topological polar surface area (TPSA) is 78.4 Å². The van der Waals surface area contributed by atoms with E-state index < -0.39 is 6.10 Å². The molecule has 3 aromatic rings. The molecule has 0 bridgehead atoms. The first-order chi connectivity index (χ1) is 20.1. The predicted octanol–water partition coefficient (Wildman–Crippen LogP) is 3.60. The lowest BCUT2D eigenvalue weighted by atomic mass is 9.94. The molecule has 0 spiro atoms. The van der Waals surface area contributed by atoms with Crippen molar-refractivity contribution in [3.63, 3.8) is 0 Å². The van der Waals surface area contributed by atoms with Crippen molar-refractivity contribution in [2.45, 2.75) is 50.2 Å². The van der Waals surface area contributed by atoms with Gasteiger partial charge in [-0.25, -0.2) is 0 Å². The van der Waals surface area contributed by atoms with Gasteiger partial charge < -0.3 is 24.4 Å². The fourth-order valence-corrected chi connectivity index (χ4v) is 6.43. The Hall–Kier alpha value is -3.30. The van der Waals surface area contributed by atoms with Crippen LogP contribution in [0.15, 0.2) is 79.1 Å². The first-order valence-electron chi connectivity index (χ1n) is 14.8. The first kappa shape index (κ1) is 27.8. The van der Waals surface area contributed by atoms with Crippen molar-refractivity contribution in [1.82, 2.24) is 14.8 Å². The zero-order chi connectivity index (χ0) is 28.0. The standard InChI is InChI=1S/C33H40N4O4/c38-29-22-37(21-25-5-4-6-27(19-25)26-11-13-34-14-12-26)31-10-9-30(41-32(31)24-40-23-29)20-33(39)36-17-15-35(16-18-36)28-7-2-1-3-8-28/h1-8,11-14,19,29-32,38H,9-10,15-18,20-24H2/t29-,30-,31-,32+/m1/s1. The maximum atomic E-state index is 13.2. The van der Waals surface area contributed by atoms with E-state index in [9.17, 15) is 9.90 Å². The Morgan fingerprint density at radius 2 is 1.71 bits per heavy atom. The number of carbonyl (C=O) groups is 1. The zero-order valence-electron chi connectivity index (χ0n) is 23.6. The average Bonchev–Trinajstić information content (AvgIpc) is 3.01. The van der Waals surface area contributed by atoms with Crippen LogP contribution in [0.25, 0.3) is 11.1 Å². The van der Waals surface area contributed by atoms with E-state index in [-0.39, 0.29) is 30.8 Å². The Balaban J connectivity index is 1.07. The number of hydrogen-bond acceptors (Lipinski definition) is 7. The van der Waals surface area contributed by atoms with Crippen LogP contribution < -0.4 is 4.90 Å². The van der Waals surface area contributed by atoms with Gasteiger partial charge in [-0.3, -0.25) is 14.7 Å². The predicted molar refractivity (Wildman–Crippen MR) is 158 cm³/mol. The summed E-state index contributed by atoms with van der Waals surface area (Å²) in [6.45, 7) is 5.12. The second-order valence-corrected chi connectivity index (χ2v) is 11.4. The molecule has 6 rings (SSSR count). The Kier molecular flexibility index (Phi) is 8.91. The van der Waals surface area contributed by atoms with Crippen LogP contribution in [-0.2, 0) is 20.8 Å². The Labute approximate surface area is 242 Å². The molecule has 8 heteroatoms. The number of aliphatic hydroxyl groups excluding tert-OH is 1. The highest BCUT2D eigenvalue weighted by atomic mass is 16.5. The Morgan fingerprint density at radius 1 is 0.902 bits per heavy atom. The molecular formula is C33H40N4O4. The number of rotatable bonds is 6. The van der Waals surface area contributed by atoms with Gasteiger partial charge in [0.15, 0.2) is 0 Å². The van der Waals surface area contributed by atoms with E-state index in [0.29, 0.717) is 19.6 Å². The lowest BCUT2D eigenvalue weighted by molar-refractivity contribution is -0.161. The summed E-state index contributed by atoms with van der Waals surface area (Å²) < 4.78 is 12.4. The van der Waals surface area contributed by atoms with Crippen molar-refractivity contribution in [3.05, 3.63) is 84.7 Å². The number of aliphatic hydroxyl groups is 1. The third-order valence-corrected chi connectivity index (χ3v) is 8.57. The smallest absolute Gasteiger partial charge is 0.225 e. The number of ether oxygens (including phenoxy) is 2. The number of para-hydroxylation sites is 1. The molecule has 3 saturated heterocycles. The van der Waals surface area contributed by atoms with E-state index >= 15 is 0 Å². The molecule has 0 unspecified atom stereocenters. The average molecular weight is 557 g/mol. The third-order valence-electron chi connectivity index (χ3n) is 8.57. The molecule has 0 radical (unpaired) electrons. The number of fused-ring (bicyclic) bond motifs is 1. The molecular weight excluding hydrogens is 516 g/mol. The van der Waals surface area contributed by atoms with Gasteiger partial charge in [0.25, 0.3) is 0 Å². The largest absolute Gasteiger partial charge is 0.389 e. The molecule has 3 aliphatic heterocycles. The van der Waals surface area contributed by atoms with Crippen molar-refractivity contribution in [3.8, 4) is 11.1 Å². The molecule has 4 atom stereocenters. The van der Waals surface area contributed by atoms with Crippen LogP contribution in [0.1, 0.15) is 24.8 Å². The highest BCUT2D eigenvalue weighted by Gasteiger charge is 2.38. The third kappa shape index (κ3) is 6.96. The molecule has 8 nitrogen and oxygen atoms in total. The summed E-state index contributed by atoms with van der Waals surface area (Å²) >= 11 is 0. The lowest BCUT2D eigenvalue weighted by Gasteiger charge is -2.45. The zero-order valence-corrected chi connectivity index (χ0v) is 23.6. The number of piperazine rings is 1. The normalized spacial score (nSPS) is 25.7. The van der Waals surface area contributed by atoms with Gasteiger partial charge >= 0.3 is 0 Å². The van der Waals surface area contributed by atoms with E-state index in [1.807, 2.05) is 35.5 Å². The van der Waals surface area contributed by atoms with Gasteiger partial charge in [0.05, 0.1) is 37.9 Å². The maximum Gasteiger partial charge on any atom is 0.225 e. The molecule has 0 saturated carbocycles. The minimum atomic E-state index is -0.548. The van der Waals surface area contributed by atoms with Crippen LogP contribution >= 0.6 is 0 Å². The molecule has 41 heavy (non-hydrogen) atoms. The van der Waals surface area contributed by atoms with Gasteiger partial charge in [-0.05, 0) is 59.9 Å². The second-order valence-electron chi connectivity index (χ2n) is 11.4. The highest BCUT2D eigenvalue weighted by molar-refractivity contribution is 5.77. The summed E-state index contributed by atoms with van der Waals surface area (Å²) in [7, 11) is 0. The fourth-order valence-electron chi connectivity index (χ4n) is 6.43. The van der Waals surface area contributed by atoms with E-state index in [2.05, 4.69) is 63.3 Å². The number of aromatic nitrogens is 1. The molecule has 216 valence electrons. The van der Waals surface area contributed by atoms with Gasteiger partial charge in [0, 0.05) is 63.4 Å². The van der Waals surface area contributed by atoms with Crippen LogP contribution in [0.3, 0.4) is 0 Å². The number of benzene rings is 2. The second kappa shape index (κ2) is 13.1. The van der Waals surface area contributed by atoms with Gasteiger partial charge in [0.2, 0.25) is 5.91 Å². The van der Waals surface area contributed by atoms with Crippen molar-refractivity contribution < 1.29 is 19.4 Å². The van der Waals surface area contributed by atoms with E-state index in [1.165, 1.54) is 11.3 Å². The molecule has 0 aliphatic carbocycles. The SMILES string of the molecule is O=C(C[C@H]1CC[C@@H]2[C@H](COC[C@H](O)CN2Cc2cccc(-c3ccncc3)c2)O1)N1CCN(c2ccccc2)CC1. The number of hydrogen-bond donors (Lipinski definition) is 1. The number of β-amino-alcohol motifs (C(OH)–C–C–N with tert-alkyl or cyclic N) is 1. The quantitative estimate of drug-likeness (QED) is 0.497. The molecule has 1 aromatic heterocycles. The monoisotopic (exact) mass is 556 g/mol. The number of nitrogens with zero attached hydrogens (tertiary/aromatic N) is 4. The highest BCUT2D eigenvalue weighted by Crippen LogP contribution is 2.30. The Morgan fingerprint density at radius 3 is 2.51 bits per heavy atom. The van der Waals surface area contributed by atoms with Crippen LogP contribution in [0.5, 0.6) is 0 Å². The van der Waals surface area contributed by atoms with Gasteiger partial charge in [-0.15, -0.1) is 0 Å². The molecule has 1 amide bonds. The summed E-state index contributed by atoms with van der Waals surface area (Å²) in [5.74, 6) is 0.174. The van der Waals surface area contributed by atoms with Crippen molar-refractivity contribution in [2.75, 3.05) is 50.8 Å². The van der Waals surface area contributed by atoms with E-state index in [0.717, 1.165) is 56.7 Å². The van der Waals surface area contributed by atoms with E-state index in [4.69, 9.17) is 9.47 Å². The summed E-state index contributed by atoms with van der Waals surface area (Å²) in [6, 6.07) is 23.1. The van der Waals surface area contributed by atoms with E-state index in [1.54, 1.807) is 0 Å². The van der Waals surface area contributed by atoms with Crippen molar-refractivity contribution >= 4 is 11.6 Å². The summed E-state index contributed by atoms with van der Waals surface area (Å²) in [5.41, 5.74) is 4.69. The van der Waals surface area contributed by atoms with Gasteiger partial charge in [0.1, 0.15) is 0 Å². The molecule has 3 aliphatic rings. The van der Waals surface area contributed by atoms with Gasteiger partial charge in [-0.1, -0.05) is 36.4 Å². The lowest BCUT2D eigenvalue weighted by Crippen LogP contribution is -2.56. The minimum Gasteiger partial charge on any atom is -0.389 e. The molecule has 1 N–H and O–H groups in total. The van der Waals surface area contributed by atoms with Crippen LogP contribution in [0.2, 0.25) is 0 Å². The Bertz CT molecular complexity index is 1270. The van der Waals surface area contributed by atoms with Crippen LogP contribution in [-0.4, -0.2) is 96.1 Å². The number of carbonyl (C=O) groups excluding carboxylic acids is 1. The molecule has 2 aromatic carbocycles. The summed E-state index contributed by atoms with van der Waals surface area (Å²) in [5, 5.41) is 10.6. The minimum absolute atomic E-state index is 0.110. The number of amides is 1. The van der Waals surface area contributed by atoms with Crippen molar-refractivity contribution in [2.24, 2.45) is 0 Å². The maximum absolute atomic E-state index is 13.2. The summed E-state index contributed by atoms with van der Waals surface area (Å²) in [4.78, 5) is 24.1. The number of anilines is 1. The van der Waals surface area contributed by atoms with Crippen LogP contribution in [0.4, 0.5) is 5.69 Å². The molecule has 3 fully saturated rings.